The van der Waals surface area contributed by atoms with E-state index in [9.17, 15) is 18.9 Å². The Bertz CT molecular complexity index is 349. The van der Waals surface area contributed by atoms with Crippen LogP contribution in [0.4, 0.5) is 0 Å². The molecule has 0 heterocycles. The molecule has 0 saturated heterocycles. The number of primary amides is 1. The molecule has 6 N–H and O–H groups in total. The largest absolute Gasteiger partial charge is 0.480 e. The summed E-state index contributed by atoms with van der Waals surface area (Å²) in [5.41, 5.74) is 4.73. The third-order valence-corrected chi connectivity index (χ3v) is 2.09. The van der Waals surface area contributed by atoms with E-state index in [0.717, 1.165) is 0 Å². The Morgan fingerprint density at radius 2 is 1.81 bits per heavy atom. The number of amides is 2. The number of hydrogen-bond acceptors (Lipinski definition) is 4. The molecule has 0 radical (unpaired) electrons. The van der Waals surface area contributed by atoms with E-state index in [0.29, 0.717) is 0 Å². The van der Waals surface area contributed by atoms with Gasteiger partial charge in [0.05, 0.1) is 6.42 Å². The second kappa shape index (κ2) is 5.59. The van der Waals surface area contributed by atoms with Gasteiger partial charge in [-0.15, -0.1) is 0 Å². The third kappa shape index (κ3) is 6.93. The summed E-state index contributed by atoms with van der Waals surface area (Å²) < 4.78 is 10.4. The smallest absolute Gasteiger partial charge is 0.334 e. The van der Waals surface area contributed by atoms with E-state index in [1.165, 1.54) is 0 Å². The van der Waals surface area contributed by atoms with Crippen molar-refractivity contribution >= 4 is 25.4 Å². The van der Waals surface area contributed by atoms with Crippen LogP contribution in [0.3, 0.4) is 0 Å². The number of carbonyl (C=O) groups is 3. The van der Waals surface area contributed by atoms with Gasteiger partial charge in [0.1, 0.15) is 12.2 Å². The van der Waals surface area contributed by atoms with Crippen molar-refractivity contribution < 1.29 is 33.8 Å². The first-order valence-corrected chi connectivity index (χ1v) is 5.76. The maximum absolute atomic E-state index is 10.9. The highest BCUT2D eigenvalue weighted by Gasteiger charge is 2.25. The molecule has 2 amide bonds. The van der Waals surface area contributed by atoms with E-state index in [2.05, 4.69) is 0 Å². The quantitative estimate of drug-likeness (QED) is 0.329. The summed E-state index contributed by atoms with van der Waals surface area (Å²) in [6, 6.07) is -1.59. The van der Waals surface area contributed by atoms with Crippen LogP contribution in [0, 0.1) is 0 Å². The first kappa shape index (κ1) is 14.6. The van der Waals surface area contributed by atoms with Gasteiger partial charge in [-0.1, -0.05) is 0 Å². The molecule has 10 heteroatoms. The van der Waals surface area contributed by atoms with Crippen LogP contribution in [-0.4, -0.2) is 44.9 Å². The minimum absolute atomic E-state index is 0.651. The van der Waals surface area contributed by atoms with Crippen LogP contribution in [0.1, 0.15) is 6.42 Å². The van der Waals surface area contributed by atoms with Crippen molar-refractivity contribution in [3.63, 3.8) is 0 Å². The van der Waals surface area contributed by atoms with Gasteiger partial charge in [0.15, 0.2) is 0 Å². The molecule has 0 aromatic carbocycles. The molecular formula is C6H11N2O7P. The summed E-state index contributed by atoms with van der Waals surface area (Å²) in [5.74, 6) is -3.64. The lowest BCUT2D eigenvalue weighted by molar-refractivity contribution is -0.143. The summed E-state index contributed by atoms with van der Waals surface area (Å²) in [7, 11) is -4.56. The molecule has 0 aliphatic heterocycles. The van der Waals surface area contributed by atoms with Crippen molar-refractivity contribution in [1.82, 2.24) is 5.32 Å². The Labute approximate surface area is 89.8 Å². The van der Waals surface area contributed by atoms with E-state index >= 15 is 0 Å². The zero-order valence-electron chi connectivity index (χ0n) is 7.99. The molecule has 0 aliphatic carbocycles. The number of nitrogens with two attached hydrogens (primary N) is 1. The van der Waals surface area contributed by atoms with Crippen molar-refractivity contribution in [2.45, 2.75) is 12.5 Å². The Kier molecular flexibility index (Phi) is 5.09. The van der Waals surface area contributed by atoms with Gasteiger partial charge in [0.25, 0.3) is 0 Å². The van der Waals surface area contributed by atoms with Gasteiger partial charge in [0.2, 0.25) is 11.8 Å². The van der Waals surface area contributed by atoms with Crippen LogP contribution in [0.15, 0.2) is 0 Å². The van der Waals surface area contributed by atoms with Crippen LogP contribution < -0.4 is 11.1 Å². The monoisotopic (exact) mass is 254 g/mol. The van der Waals surface area contributed by atoms with E-state index in [4.69, 9.17) is 20.6 Å². The van der Waals surface area contributed by atoms with Crippen LogP contribution in [0.25, 0.3) is 0 Å². The number of carboxylic acids is 1. The summed E-state index contributed by atoms with van der Waals surface area (Å²) >= 11 is 0. The van der Waals surface area contributed by atoms with Crippen LogP contribution in [0.2, 0.25) is 0 Å². The highest BCUT2D eigenvalue weighted by atomic mass is 31.2. The summed E-state index contributed by atoms with van der Waals surface area (Å²) in [5, 5.41) is 10.3. The Morgan fingerprint density at radius 1 is 1.31 bits per heavy atom. The highest BCUT2D eigenvalue weighted by molar-refractivity contribution is 7.52. The van der Waals surface area contributed by atoms with E-state index < -0.39 is 44.0 Å². The maximum Gasteiger partial charge on any atom is 0.334 e. The molecule has 16 heavy (non-hydrogen) atoms. The fraction of sp³-hybridized carbons (Fsp3) is 0.500. The summed E-state index contributed by atoms with van der Waals surface area (Å²) in [4.78, 5) is 48.8. The normalized spacial score (nSPS) is 12.9. The second-order valence-electron chi connectivity index (χ2n) is 2.95. The molecule has 0 bridgehead atoms. The molecule has 0 fully saturated rings. The van der Waals surface area contributed by atoms with Crippen LogP contribution in [-0.2, 0) is 18.9 Å². The number of carbonyl (C=O) groups excluding carboxylic acids is 2. The Morgan fingerprint density at radius 3 is 2.12 bits per heavy atom. The standard InChI is InChI=1S/C6H11N2O7P/c7-4(9)1-3(6(11)12)8-5(10)2-16(13,14)15/h3H,1-2H2,(H2,7,9)(H,8,10)(H,11,12)(H2,13,14,15)/t3-/m0/s1. The fourth-order valence-electron chi connectivity index (χ4n) is 0.828. The number of aliphatic carboxylic acids is 1. The molecule has 0 aromatic heterocycles. The topological polar surface area (TPSA) is 167 Å². The van der Waals surface area contributed by atoms with Crippen molar-refractivity contribution in [2.75, 3.05) is 6.16 Å². The van der Waals surface area contributed by atoms with Gasteiger partial charge in [-0.25, -0.2) is 4.79 Å². The maximum atomic E-state index is 10.9. The third-order valence-electron chi connectivity index (χ3n) is 1.39. The van der Waals surface area contributed by atoms with E-state index in [1.807, 2.05) is 0 Å². The average molecular weight is 254 g/mol. The highest BCUT2D eigenvalue weighted by Crippen LogP contribution is 2.33. The molecule has 0 rings (SSSR count). The van der Waals surface area contributed by atoms with Crippen molar-refractivity contribution in [1.29, 1.82) is 0 Å². The molecule has 9 nitrogen and oxygen atoms in total. The lowest BCUT2D eigenvalue weighted by Gasteiger charge is -2.12. The molecular weight excluding hydrogens is 243 g/mol. The van der Waals surface area contributed by atoms with Gasteiger partial charge in [-0.05, 0) is 0 Å². The molecule has 0 aromatic rings. The first-order valence-electron chi connectivity index (χ1n) is 3.97. The van der Waals surface area contributed by atoms with Crippen LogP contribution in [0.5, 0.6) is 0 Å². The molecule has 0 spiro atoms. The zero-order valence-corrected chi connectivity index (χ0v) is 8.89. The lowest BCUT2D eigenvalue weighted by atomic mass is 10.2. The van der Waals surface area contributed by atoms with Gasteiger partial charge < -0.3 is 25.9 Å². The van der Waals surface area contributed by atoms with E-state index in [-0.39, 0.29) is 0 Å². The number of nitrogens with one attached hydrogen (secondary N) is 1. The number of rotatable bonds is 6. The minimum Gasteiger partial charge on any atom is -0.480 e. The molecule has 0 aliphatic rings. The van der Waals surface area contributed by atoms with Gasteiger partial charge in [-0.2, -0.15) is 0 Å². The SMILES string of the molecule is NC(=O)C[C@H](NC(=O)CP(=O)(O)O)C(=O)O. The Hall–Kier alpha value is -1.44. The predicted molar refractivity (Wildman–Crippen MR) is 50.3 cm³/mol. The second-order valence-corrected chi connectivity index (χ2v) is 4.60. The number of hydrogen-bond donors (Lipinski definition) is 5. The fourth-order valence-corrected chi connectivity index (χ4v) is 1.29. The summed E-state index contributed by atoms with van der Waals surface area (Å²) in [6.07, 6.45) is -1.79. The van der Waals surface area contributed by atoms with Gasteiger partial charge in [0, 0.05) is 0 Å². The molecule has 92 valence electrons. The number of carboxylic acid groups (broad SMARTS) is 1. The van der Waals surface area contributed by atoms with Crippen LogP contribution >= 0.6 is 7.60 Å². The van der Waals surface area contributed by atoms with Crippen molar-refractivity contribution in [3.8, 4) is 0 Å². The Balaban J connectivity index is 4.41. The molecule has 0 unspecified atom stereocenters. The van der Waals surface area contributed by atoms with Crippen molar-refractivity contribution in [3.05, 3.63) is 0 Å². The predicted octanol–water partition coefficient (Wildman–Crippen LogP) is -2.39. The van der Waals surface area contributed by atoms with E-state index in [1.54, 1.807) is 5.32 Å². The zero-order chi connectivity index (χ0) is 12.9. The molecule has 0 saturated carbocycles. The van der Waals surface area contributed by atoms with Gasteiger partial charge >= 0.3 is 13.6 Å². The average Bonchev–Trinajstić information content (AvgIpc) is 1.97. The van der Waals surface area contributed by atoms with Crippen molar-refractivity contribution in [2.24, 2.45) is 5.73 Å². The summed E-state index contributed by atoms with van der Waals surface area (Å²) in [6.45, 7) is 0. The van der Waals surface area contributed by atoms with Gasteiger partial charge in [-0.3, -0.25) is 14.2 Å². The molecule has 1 atom stereocenters. The first-order chi connectivity index (χ1) is 7.11. The lowest BCUT2D eigenvalue weighted by Crippen LogP contribution is -2.44. The minimum atomic E-state index is -4.56.